The van der Waals surface area contributed by atoms with Gasteiger partial charge in [-0.1, -0.05) is 51.4 Å². The summed E-state index contributed by atoms with van der Waals surface area (Å²) in [4.78, 5) is 24.1. The first-order valence-corrected chi connectivity index (χ1v) is 9.52. The van der Waals surface area contributed by atoms with Crippen LogP contribution in [0.4, 0.5) is 4.79 Å². The highest BCUT2D eigenvalue weighted by molar-refractivity contribution is 5.96. The quantitative estimate of drug-likeness (QED) is 0.744. The zero-order chi connectivity index (χ0) is 16.5. The van der Waals surface area contributed by atoms with Gasteiger partial charge in [-0.3, -0.25) is 10.1 Å². The fourth-order valence-electron chi connectivity index (χ4n) is 3.74. The molecule has 23 heavy (non-hydrogen) atoms. The third-order valence-electron chi connectivity index (χ3n) is 5.16. The first kappa shape index (κ1) is 18.2. The Bertz CT molecular complexity index is 372. The van der Waals surface area contributed by atoms with E-state index in [4.69, 9.17) is 0 Å². The van der Waals surface area contributed by atoms with Gasteiger partial charge >= 0.3 is 6.03 Å². The lowest BCUT2D eigenvalue weighted by Crippen LogP contribution is -2.52. The highest BCUT2D eigenvalue weighted by Gasteiger charge is 2.22. The lowest BCUT2D eigenvalue weighted by atomic mass is 9.96. The molecule has 2 rings (SSSR count). The van der Waals surface area contributed by atoms with Crippen LogP contribution in [0.3, 0.4) is 0 Å². The summed E-state index contributed by atoms with van der Waals surface area (Å²) in [6, 6.07) is -0.0346. The minimum atomic E-state index is -0.340. The van der Waals surface area contributed by atoms with Crippen LogP contribution < -0.4 is 16.0 Å². The molecule has 132 valence electrons. The van der Waals surface area contributed by atoms with Crippen molar-refractivity contribution in [1.82, 2.24) is 16.0 Å². The molecule has 2 saturated carbocycles. The van der Waals surface area contributed by atoms with Crippen LogP contribution in [0.25, 0.3) is 0 Å². The monoisotopic (exact) mass is 323 g/mol. The summed E-state index contributed by atoms with van der Waals surface area (Å²) < 4.78 is 0. The van der Waals surface area contributed by atoms with Crippen molar-refractivity contribution >= 4 is 11.9 Å². The van der Waals surface area contributed by atoms with Gasteiger partial charge in [0, 0.05) is 12.1 Å². The van der Waals surface area contributed by atoms with Crippen LogP contribution in [0, 0.1) is 0 Å². The first-order chi connectivity index (χ1) is 11.1. The molecule has 0 aromatic rings. The number of amides is 3. The third-order valence-corrected chi connectivity index (χ3v) is 5.16. The summed E-state index contributed by atoms with van der Waals surface area (Å²) in [6.45, 7) is 1.85. The maximum absolute atomic E-state index is 12.2. The molecule has 2 aliphatic rings. The van der Waals surface area contributed by atoms with Gasteiger partial charge in [0.1, 0.15) is 0 Å². The number of urea groups is 1. The van der Waals surface area contributed by atoms with E-state index >= 15 is 0 Å². The number of carbonyl (C=O) groups excluding carboxylic acids is 2. The molecule has 3 amide bonds. The van der Waals surface area contributed by atoms with E-state index in [0.717, 1.165) is 25.7 Å². The summed E-state index contributed by atoms with van der Waals surface area (Å²) in [5.41, 5.74) is 0. The number of carbonyl (C=O) groups is 2. The van der Waals surface area contributed by atoms with Gasteiger partial charge in [-0.25, -0.2) is 4.79 Å². The van der Waals surface area contributed by atoms with Gasteiger partial charge in [0.2, 0.25) is 5.91 Å². The molecule has 2 aliphatic carbocycles. The Hall–Kier alpha value is -1.10. The number of hydrogen-bond acceptors (Lipinski definition) is 3. The van der Waals surface area contributed by atoms with Gasteiger partial charge in [-0.15, -0.1) is 0 Å². The second kappa shape index (κ2) is 9.91. The first-order valence-electron chi connectivity index (χ1n) is 9.52. The van der Waals surface area contributed by atoms with Crippen molar-refractivity contribution in [2.24, 2.45) is 0 Å². The minimum absolute atomic E-state index is 0.222. The van der Waals surface area contributed by atoms with Crippen molar-refractivity contribution in [2.75, 3.05) is 0 Å². The average molecular weight is 323 g/mol. The Morgan fingerprint density at radius 1 is 0.783 bits per heavy atom. The zero-order valence-electron chi connectivity index (χ0n) is 14.5. The number of rotatable bonds is 4. The molecule has 0 aliphatic heterocycles. The highest BCUT2D eigenvalue weighted by atomic mass is 16.2. The Morgan fingerprint density at radius 3 is 1.87 bits per heavy atom. The fourth-order valence-corrected chi connectivity index (χ4v) is 3.74. The van der Waals surface area contributed by atoms with Gasteiger partial charge in [-0.05, 0) is 32.6 Å². The smallest absolute Gasteiger partial charge is 0.321 e. The molecule has 3 N–H and O–H groups in total. The molecule has 5 heteroatoms. The normalized spacial score (nSPS) is 22.7. The Morgan fingerprint density at radius 2 is 1.26 bits per heavy atom. The second-order valence-electron chi connectivity index (χ2n) is 7.23. The van der Waals surface area contributed by atoms with Crippen LogP contribution in [0.1, 0.15) is 84.0 Å². The maximum Gasteiger partial charge on any atom is 0.321 e. The third kappa shape index (κ3) is 6.90. The predicted octanol–water partition coefficient (Wildman–Crippen LogP) is 3.24. The van der Waals surface area contributed by atoms with Crippen molar-refractivity contribution in [3.05, 3.63) is 0 Å². The van der Waals surface area contributed by atoms with E-state index in [0.29, 0.717) is 6.04 Å². The van der Waals surface area contributed by atoms with E-state index < -0.39 is 0 Å². The van der Waals surface area contributed by atoms with Crippen LogP contribution >= 0.6 is 0 Å². The maximum atomic E-state index is 12.2. The van der Waals surface area contributed by atoms with Crippen LogP contribution in [0.15, 0.2) is 0 Å². The minimum Gasteiger partial charge on any atom is -0.335 e. The zero-order valence-corrected chi connectivity index (χ0v) is 14.5. The van der Waals surface area contributed by atoms with Crippen molar-refractivity contribution in [2.45, 2.75) is 102 Å². The van der Waals surface area contributed by atoms with E-state index in [-0.39, 0.29) is 24.0 Å². The van der Waals surface area contributed by atoms with Crippen LogP contribution in [0.5, 0.6) is 0 Å². The van der Waals surface area contributed by atoms with E-state index in [9.17, 15) is 9.59 Å². The number of hydrogen-bond donors (Lipinski definition) is 3. The van der Waals surface area contributed by atoms with Crippen molar-refractivity contribution in [3.63, 3.8) is 0 Å². The van der Waals surface area contributed by atoms with Gasteiger partial charge in [-0.2, -0.15) is 0 Å². The Balaban J connectivity index is 1.69. The lowest BCUT2D eigenvalue weighted by molar-refractivity contribution is -0.121. The van der Waals surface area contributed by atoms with E-state index in [2.05, 4.69) is 16.0 Å². The fraction of sp³-hybridized carbons (Fsp3) is 0.889. The van der Waals surface area contributed by atoms with Gasteiger partial charge < -0.3 is 10.6 Å². The molecule has 0 saturated heterocycles. The van der Waals surface area contributed by atoms with Gasteiger partial charge in [0.05, 0.1) is 6.04 Å². The summed E-state index contributed by atoms with van der Waals surface area (Å²) in [7, 11) is 0. The highest BCUT2D eigenvalue weighted by Crippen LogP contribution is 2.18. The molecule has 0 heterocycles. The van der Waals surface area contributed by atoms with Gasteiger partial charge in [0.15, 0.2) is 0 Å². The molecule has 0 bridgehead atoms. The van der Waals surface area contributed by atoms with Crippen molar-refractivity contribution in [3.8, 4) is 0 Å². The van der Waals surface area contributed by atoms with Crippen LogP contribution in [-0.4, -0.2) is 30.1 Å². The Kier molecular flexibility index (Phi) is 7.86. The largest absolute Gasteiger partial charge is 0.335 e. The summed E-state index contributed by atoms with van der Waals surface area (Å²) in [6.07, 6.45) is 14.3. The molecule has 0 spiro atoms. The van der Waals surface area contributed by atoms with E-state index in [1.165, 1.54) is 51.4 Å². The summed E-state index contributed by atoms with van der Waals surface area (Å²) in [5, 5.41) is 8.82. The molecule has 0 aromatic heterocycles. The van der Waals surface area contributed by atoms with E-state index in [1.54, 1.807) is 0 Å². The molecule has 5 nitrogen and oxygen atoms in total. The second-order valence-corrected chi connectivity index (χ2v) is 7.23. The molecule has 1 atom stereocenters. The average Bonchev–Trinajstić information content (AvgIpc) is 2.50. The summed E-state index contributed by atoms with van der Waals surface area (Å²) in [5.74, 6) is -0.222. The molecular formula is C18H33N3O2. The van der Waals surface area contributed by atoms with Crippen LogP contribution in [-0.2, 0) is 4.79 Å². The van der Waals surface area contributed by atoms with Crippen LogP contribution in [0.2, 0.25) is 0 Å². The SMILES string of the molecule is C[C@H](NC1CCCCCCC1)C(=O)NC(=O)NC1CCCCC1. The van der Waals surface area contributed by atoms with Gasteiger partial charge in [0.25, 0.3) is 0 Å². The predicted molar refractivity (Wildman–Crippen MR) is 92.3 cm³/mol. The molecule has 2 fully saturated rings. The molecular weight excluding hydrogens is 290 g/mol. The van der Waals surface area contributed by atoms with Crippen molar-refractivity contribution in [1.29, 1.82) is 0 Å². The molecule has 0 unspecified atom stereocenters. The topological polar surface area (TPSA) is 70.2 Å². The van der Waals surface area contributed by atoms with Crippen molar-refractivity contribution < 1.29 is 9.59 Å². The molecule has 0 radical (unpaired) electrons. The summed E-state index contributed by atoms with van der Waals surface area (Å²) >= 11 is 0. The number of nitrogens with one attached hydrogen (secondary N) is 3. The lowest BCUT2D eigenvalue weighted by Gasteiger charge is -2.25. The Labute approximate surface area is 140 Å². The van der Waals surface area contributed by atoms with E-state index in [1.807, 2.05) is 6.92 Å². The number of imide groups is 1. The standard InChI is InChI=1S/C18H33N3O2/c1-14(19-15-10-6-3-2-4-7-11-15)17(22)21-18(23)20-16-12-8-5-9-13-16/h14-16,19H,2-13H2,1H3,(H2,20,21,22,23)/t14-/m0/s1. The molecule has 0 aromatic carbocycles.